The second kappa shape index (κ2) is 28.7. The summed E-state index contributed by atoms with van der Waals surface area (Å²) in [4.78, 5) is 76.7. The predicted octanol–water partition coefficient (Wildman–Crippen LogP) is 3.94. The van der Waals surface area contributed by atoms with Gasteiger partial charge >= 0.3 is 5.97 Å². The van der Waals surface area contributed by atoms with Crippen molar-refractivity contribution in [1.82, 2.24) is 25.0 Å². The van der Waals surface area contributed by atoms with Crippen molar-refractivity contribution in [2.24, 2.45) is 11.1 Å². The van der Waals surface area contributed by atoms with E-state index in [1.807, 2.05) is 55.7 Å². The van der Waals surface area contributed by atoms with Crippen molar-refractivity contribution in [2.45, 2.75) is 58.7 Å². The van der Waals surface area contributed by atoms with Crippen LogP contribution in [-0.4, -0.2) is 152 Å². The van der Waals surface area contributed by atoms with Crippen LogP contribution < -0.4 is 16.4 Å². The highest BCUT2D eigenvalue weighted by Gasteiger charge is 2.37. The Morgan fingerprint density at radius 3 is 2.09 bits per heavy atom. The monoisotopic (exact) mass is 970 g/mol. The first-order valence-corrected chi connectivity index (χ1v) is 23.6. The molecule has 0 spiro atoms. The molecule has 0 bridgehead atoms. The fraction of sp³-hybridized carbons (Fsp3) is 0.500. The van der Waals surface area contributed by atoms with Gasteiger partial charge in [-0.25, -0.2) is 13.6 Å². The van der Waals surface area contributed by atoms with Crippen molar-refractivity contribution < 1.29 is 61.6 Å². The molecule has 0 saturated carbocycles. The van der Waals surface area contributed by atoms with Crippen molar-refractivity contribution in [3.63, 3.8) is 0 Å². The zero-order chi connectivity index (χ0) is 49.5. The molecule has 5 amide bonds. The third kappa shape index (κ3) is 18.5. The van der Waals surface area contributed by atoms with Gasteiger partial charge in [0.1, 0.15) is 17.7 Å². The molecule has 2 unspecified atom stereocenters. The Morgan fingerprint density at radius 2 is 1.47 bits per heavy atom. The number of nitrogens with zero attached hydrogens (tertiary/aromatic N) is 3. The molecule has 1 aromatic heterocycles. The number of benzene rings is 2. The van der Waals surface area contributed by atoms with Gasteiger partial charge in [-0.2, -0.15) is 0 Å². The summed E-state index contributed by atoms with van der Waals surface area (Å²) < 4.78 is 53.3. The normalized spacial score (nSPS) is 13.5. The minimum absolute atomic E-state index is 0.00342. The van der Waals surface area contributed by atoms with Crippen LogP contribution in [0.4, 0.5) is 8.78 Å². The number of nitrogens with two attached hydrogens (primary N) is 1. The van der Waals surface area contributed by atoms with E-state index in [0.717, 1.165) is 40.4 Å². The fourth-order valence-electron chi connectivity index (χ4n) is 7.20. The first-order chi connectivity index (χ1) is 32.6. The van der Waals surface area contributed by atoms with Gasteiger partial charge in [0.25, 0.3) is 11.8 Å². The molecular formula is C48H64F2N6O11S. The van der Waals surface area contributed by atoms with Crippen LogP contribution >= 0.6 is 11.8 Å². The number of hydrogen-bond acceptors (Lipinski definition) is 12. The number of halogens is 2. The third-order valence-electron chi connectivity index (χ3n) is 10.5. The molecule has 1 aliphatic heterocycles. The number of nitrogens with one attached hydrogen (secondary N) is 2. The van der Waals surface area contributed by atoms with Crippen LogP contribution in [-0.2, 0) is 54.3 Å². The maximum atomic E-state index is 15.1. The van der Waals surface area contributed by atoms with Crippen molar-refractivity contribution in [2.75, 3.05) is 90.5 Å². The molecule has 2 atom stereocenters. The van der Waals surface area contributed by atoms with Gasteiger partial charge in [0.05, 0.1) is 64.6 Å². The average Bonchev–Trinajstić information content (AvgIpc) is 3.85. The maximum absolute atomic E-state index is 15.1. The lowest BCUT2D eigenvalue weighted by Gasteiger charge is -2.41. The average molecular weight is 971 g/mol. The van der Waals surface area contributed by atoms with Crippen LogP contribution in [0.2, 0.25) is 0 Å². The zero-order valence-electron chi connectivity index (χ0n) is 38.9. The number of ether oxygens (including phenoxy) is 4. The van der Waals surface area contributed by atoms with Gasteiger partial charge < -0.3 is 49.9 Å². The number of aliphatic carboxylic acids is 1. The molecule has 68 heavy (non-hydrogen) atoms. The van der Waals surface area contributed by atoms with Crippen molar-refractivity contribution in [3.8, 4) is 11.1 Å². The Bertz CT molecular complexity index is 2130. The molecule has 2 heterocycles. The van der Waals surface area contributed by atoms with E-state index in [0.29, 0.717) is 57.2 Å². The lowest BCUT2D eigenvalue weighted by Crippen LogP contribution is -2.45. The first kappa shape index (κ1) is 55.1. The summed E-state index contributed by atoms with van der Waals surface area (Å²) in [5.74, 6) is -4.58. The molecule has 1 aliphatic rings. The smallest absolute Gasteiger partial charge is 0.327 e. The van der Waals surface area contributed by atoms with E-state index in [2.05, 4.69) is 10.6 Å². The highest BCUT2D eigenvalue weighted by molar-refractivity contribution is 8.00. The lowest BCUT2D eigenvalue weighted by atomic mass is 9.83. The number of carbonyl (C=O) groups excluding carboxylic acids is 5. The van der Waals surface area contributed by atoms with Gasteiger partial charge in [0, 0.05) is 79.9 Å². The van der Waals surface area contributed by atoms with Crippen molar-refractivity contribution in [3.05, 3.63) is 95.8 Å². The summed E-state index contributed by atoms with van der Waals surface area (Å²) in [5, 5.41) is 15.1. The molecule has 0 saturated heterocycles. The molecule has 5 N–H and O–H groups in total. The van der Waals surface area contributed by atoms with E-state index in [-0.39, 0.29) is 87.8 Å². The Hall–Kier alpha value is -5.51. The quantitative estimate of drug-likeness (QED) is 0.0516. The standard InChI is InChI=1S/C48H64F2N6O11S/c1-48(2,3)46(40-28-35(37-29-36(49)10-11-38(37)50)31-54(40)30-34-8-5-4-6-9-34)56(18-7-16-51)45(61)33-68-32-39(47(62)63)53-42(58)15-20-64-22-24-66-26-27-67-25-23-65-21-17-52-41(57)14-19-55-43(59)12-13-44(55)60/h4-6,8-13,28-29,31,39,46H,7,14-27,30,32-33,51H2,1-3H3,(H,52,57)(H,53,58)(H,62,63). The van der Waals surface area contributed by atoms with Crippen molar-refractivity contribution in [1.29, 1.82) is 0 Å². The number of imide groups is 1. The number of hydrogen-bond donors (Lipinski definition) is 4. The van der Waals surface area contributed by atoms with Crippen LogP contribution in [0.25, 0.3) is 11.1 Å². The van der Waals surface area contributed by atoms with E-state index < -0.39 is 52.8 Å². The molecule has 17 nitrogen and oxygen atoms in total. The topological polar surface area (TPSA) is 221 Å². The number of thioether (sulfide) groups is 1. The van der Waals surface area contributed by atoms with E-state index in [1.165, 1.54) is 12.2 Å². The Labute approximate surface area is 400 Å². The van der Waals surface area contributed by atoms with E-state index >= 15 is 4.39 Å². The highest BCUT2D eigenvalue weighted by atomic mass is 32.2. The van der Waals surface area contributed by atoms with Gasteiger partial charge in [-0.3, -0.25) is 28.9 Å². The van der Waals surface area contributed by atoms with Gasteiger partial charge in [-0.05, 0) is 48.2 Å². The highest BCUT2D eigenvalue weighted by Crippen LogP contribution is 2.41. The number of carbonyl (C=O) groups is 6. The van der Waals surface area contributed by atoms with Gasteiger partial charge in [0.2, 0.25) is 17.7 Å². The van der Waals surface area contributed by atoms with Gasteiger partial charge in [-0.15, -0.1) is 11.8 Å². The van der Waals surface area contributed by atoms with E-state index in [4.69, 9.17) is 24.7 Å². The summed E-state index contributed by atoms with van der Waals surface area (Å²) in [6, 6.07) is 12.9. The largest absolute Gasteiger partial charge is 0.480 e. The first-order valence-electron chi connectivity index (χ1n) is 22.5. The summed E-state index contributed by atoms with van der Waals surface area (Å²) in [5.41, 5.74) is 7.58. The predicted molar refractivity (Wildman–Crippen MR) is 251 cm³/mol. The second-order valence-corrected chi connectivity index (χ2v) is 17.9. The molecule has 2 aromatic carbocycles. The van der Waals surface area contributed by atoms with Crippen LogP contribution in [0.5, 0.6) is 0 Å². The molecule has 4 rings (SSSR count). The fourth-order valence-corrected chi connectivity index (χ4v) is 8.12. The molecule has 3 aromatic rings. The van der Waals surface area contributed by atoms with E-state index in [9.17, 15) is 38.3 Å². The number of carboxylic acids is 1. The van der Waals surface area contributed by atoms with Crippen molar-refractivity contribution >= 4 is 47.3 Å². The lowest BCUT2D eigenvalue weighted by molar-refractivity contribution is -0.141. The number of rotatable bonds is 32. The molecule has 372 valence electrons. The number of carboxylic acid groups (broad SMARTS) is 1. The molecule has 0 aliphatic carbocycles. The van der Waals surface area contributed by atoms with Crippen LogP contribution in [0.1, 0.15) is 57.3 Å². The number of amides is 5. The molecule has 0 radical (unpaired) electrons. The minimum atomic E-state index is -1.27. The molecule has 20 heteroatoms. The van der Waals surface area contributed by atoms with Crippen LogP contribution in [0.15, 0.2) is 72.9 Å². The van der Waals surface area contributed by atoms with Gasteiger partial charge in [0.15, 0.2) is 0 Å². The molecule has 0 fully saturated rings. The third-order valence-corrected chi connectivity index (χ3v) is 11.5. The Balaban J connectivity index is 1.16. The Morgan fingerprint density at radius 1 is 0.838 bits per heavy atom. The SMILES string of the molecule is CC(C)(C)C(c1cc(-c2cc(F)ccc2F)cn1Cc1ccccc1)N(CCCN)C(=O)CSCC(NC(=O)CCOCCOCCOCCOCCNC(=O)CCN1C(=O)C=CC1=O)C(=O)O. The number of aromatic nitrogens is 1. The van der Waals surface area contributed by atoms with Crippen LogP contribution in [0, 0.1) is 17.0 Å². The molecular weight excluding hydrogens is 907 g/mol. The summed E-state index contributed by atoms with van der Waals surface area (Å²) in [6.07, 6.45) is 4.49. The summed E-state index contributed by atoms with van der Waals surface area (Å²) in [7, 11) is 0. The summed E-state index contributed by atoms with van der Waals surface area (Å²) in [6.45, 7) is 9.17. The maximum Gasteiger partial charge on any atom is 0.327 e. The minimum Gasteiger partial charge on any atom is -0.480 e. The van der Waals surface area contributed by atoms with Gasteiger partial charge in [-0.1, -0.05) is 51.1 Å². The van der Waals surface area contributed by atoms with E-state index in [1.54, 1.807) is 17.2 Å². The second-order valence-electron chi connectivity index (χ2n) is 16.8. The van der Waals surface area contributed by atoms with Crippen LogP contribution in [0.3, 0.4) is 0 Å². The summed E-state index contributed by atoms with van der Waals surface area (Å²) >= 11 is 1.08. The zero-order valence-corrected chi connectivity index (χ0v) is 39.7. The Kier molecular flexibility index (Phi) is 23.3.